The van der Waals surface area contributed by atoms with E-state index in [1.165, 1.54) is 40.4 Å². The maximum atomic E-state index is 12.3. The molecule has 2 aromatic rings. The molecule has 40 heavy (non-hydrogen) atoms. The fraction of sp³-hybridized carbons (Fsp3) is 0.467. The minimum Gasteiger partial charge on any atom is -0.463 e. The van der Waals surface area contributed by atoms with Gasteiger partial charge in [-0.2, -0.15) is 0 Å². The highest BCUT2D eigenvalue weighted by atomic mass is 16.7. The summed E-state index contributed by atoms with van der Waals surface area (Å²) in [6.07, 6.45) is -3.65. The van der Waals surface area contributed by atoms with Gasteiger partial charge in [0.25, 0.3) is 0 Å². The zero-order valence-electron chi connectivity index (χ0n) is 23.6. The zero-order valence-corrected chi connectivity index (χ0v) is 23.6. The van der Waals surface area contributed by atoms with Gasteiger partial charge < -0.3 is 28.4 Å². The Labute approximate surface area is 233 Å². The molecule has 1 aliphatic heterocycles. The van der Waals surface area contributed by atoms with E-state index in [1.807, 2.05) is 12.1 Å². The molecule has 1 saturated heterocycles. The van der Waals surface area contributed by atoms with Crippen molar-refractivity contribution in [2.75, 3.05) is 13.7 Å². The Balaban J connectivity index is 2.13. The van der Waals surface area contributed by atoms with Crippen LogP contribution in [0.25, 0.3) is 0 Å². The first kappa shape index (κ1) is 30.8. The number of esters is 4. The van der Waals surface area contributed by atoms with Crippen molar-refractivity contribution in [2.24, 2.45) is 0 Å². The zero-order chi connectivity index (χ0) is 29.4. The fourth-order valence-corrected chi connectivity index (χ4v) is 4.81. The van der Waals surface area contributed by atoms with E-state index in [2.05, 4.69) is 31.2 Å². The number of ether oxygens (including phenoxy) is 6. The fourth-order valence-electron chi connectivity index (χ4n) is 4.81. The number of carbonyl (C=O) groups excluding carboxylic acids is 4. The summed E-state index contributed by atoms with van der Waals surface area (Å²) >= 11 is 0. The highest BCUT2D eigenvalue weighted by Gasteiger charge is 2.61. The number of carbonyl (C=O) groups is 4. The molecule has 10 heteroatoms. The van der Waals surface area contributed by atoms with Crippen LogP contribution >= 0.6 is 0 Å². The van der Waals surface area contributed by atoms with Crippen molar-refractivity contribution in [1.82, 2.24) is 0 Å². The van der Waals surface area contributed by atoms with E-state index < -0.39 is 54.1 Å². The largest absolute Gasteiger partial charge is 0.463 e. The lowest BCUT2D eigenvalue weighted by Gasteiger charge is -2.50. The van der Waals surface area contributed by atoms with Gasteiger partial charge in [-0.25, -0.2) is 0 Å². The third-order valence-electron chi connectivity index (χ3n) is 6.51. The van der Waals surface area contributed by atoms with Crippen LogP contribution in [0, 0.1) is 0 Å². The molecule has 0 aromatic heterocycles. The molecule has 1 unspecified atom stereocenters. The average molecular weight is 557 g/mol. The number of methoxy groups -OCH3 is 1. The van der Waals surface area contributed by atoms with Crippen molar-refractivity contribution in [1.29, 1.82) is 0 Å². The van der Waals surface area contributed by atoms with Crippen LogP contribution in [0.15, 0.2) is 48.5 Å². The van der Waals surface area contributed by atoms with Crippen LogP contribution in [0.5, 0.6) is 0 Å². The molecule has 0 amide bonds. The van der Waals surface area contributed by atoms with E-state index >= 15 is 0 Å². The van der Waals surface area contributed by atoms with Gasteiger partial charge in [-0.3, -0.25) is 19.2 Å². The van der Waals surface area contributed by atoms with Gasteiger partial charge in [0, 0.05) is 40.4 Å². The third-order valence-corrected chi connectivity index (χ3v) is 6.51. The quantitative estimate of drug-likeness (QED) is 0.318. The highest BCUT2D eigenvalue weighted by Crippen LogP contribution is 2.43. The van der Waals surface area contributed by atoms with Crippen molar-refractivity contribution in [3.63, 3.8) is 0 Å². The Kier molecular flexibility index (Phi) is 10.4. The lowest BCUT2D eigenvalue weighted by atomic mass is 9.86. The number of rotatable bonds is 10. The first-order valence-electron chi connectivity index (χ1n) is 13.0. The summed E-state index contributed by atoms with van der Waals surface area (Å²) in [6, 6.07) is 15.6. The summed E-state index contributed by atoms with van der Waals surface area (Å²) < 4.78 is 34.3. The molecule has 0 aliphatic carbocycles. The standard InChI is InChI=1S/C30H36O10/c1-7-22-11-13-23(14-12-22)15-24-9-8-10-25(16-24)30(35-6)29(39-21(5)34)28(38-20(4)33)27(37-19(3)32)26(40-30)17-36-18(2)31/h8-14,16,26-29H,7,15,17H2,1-6H3/t26-,27-,28+,29-,30?/m1/s1. The lowest BCUT2D eigenvalue weighted by Crippen LogP contribution is -2.67. The van der Waals surface area contributed by atoms with Gasteiger partial charge in [-0.15, -0.1) is 0 Å². The maximum absolute atomic E-state index is 12.3. The molecule has 216 valence electrons. The molecule has 5 atom stereocenters. The normalized spacial score (nSPS) is 24.1. The second kappa shape index (κ2) is 13.5. The van der Waals surface area contributed by atoms with Gasteiger partial charge in [-0.1, -0.05) is 49.4 Å². The monoisotopic (exact) mass is 556 g/mol. The Morgan fingerprint density at radius 1 is 0.775 bits per heavy atom. The number of hydrogen-bond acceptors (Lipinski definition) is 10. The Bertz CT molecular complexity index is 1210. The SMILES string of the molecule is CCc1ccc(Cc2cccc(C3(OC)O[C@H](COC(C)=O)[C@@H](OC(C)=O)[C@H](OC(C)=O)[C@H]3OC(C)=O)c2)cc1. The van der Waals surface area contributed by atoms with Crippen LogP contribution in [0.4, 0.5) is 0 Å². The van der Waals surface area contributed by atoms with Crippen LogP contribution in [-0.2, 0) is 66.2 Å². The minimum absolute atomic E-state index is 0.355. The molecule has 0 radical (unpaired) electrons. The number of hydrogen-bond donors (Lipinski definition) is 0. The summed E-state index contributed by atoms with van der Waals surface area (Å²) in [5.41, 5.74) is 3.68. The second-order valence-corrected chi connectivity index (χ2v) is 9.56. The van der Waals surface area contributed by atoms with Gasteiger partial charge in [0.15, 0.2) is 12.2 Å². The molecule has 0 saturated carbocycles. The highest BCUT2D eigenvalue weighted by molar-refractivity contribution is 5.69. The summed E-state index contributed by atoms with van der Waals surface area (Å²) in [5, 5.41) is 0. The van der Waals surface area contributed by atoms with Crippen LogP contribution in [0.2, 0.25) is 0 Å². The third kappa shape index (κ3) is 7.45. The van der Waals surface area contributed by atoms with Crippen molar-refractivity contribution in [3.05, 3.63) is 70.8 Å². The van der Waals surface area contributed by atoms with Crippen LogP contribution in [0.3, 0.4) is 0 Å². The summed E-state index contributed by atoms with van der Waals surface area (Å²) in [4.78, 5) is 48.3. The van der Waals surface area contributed by atoms with E-state index in [4.69, 9.17) is 28.4 Å². The van der Waals surface area contributed by atoms with Crippen molar-refractivity contribution in [3.8, 4) is 0 Å². The number of benzene rings is 2. The van der Waals surface area contributed by atoms with Crippen molar-refractivity contribution >= 4 is 23.9 Å². The van der Waals surface area contributed by atoms with E-state index in [9.17, 15) is 19.2 Å². The minimum atomic E-state index is -1.82. The molecule has 0 spiro atoms. The predicted molar refractivity (Wildman–Crippen MR) is 142 cm³/mol. The molecule has 3 rings (SSSR count). The van der Waals surface area contributed by atoms with E-state index in [1.54, 1.807) is 12.1 Å². The number of aryl methyl sites for hydroxylation is 1. The van der Waals surface area contributed by atoms with Gasteiger partial charge in [-0.05, 0) is 35.6 Å². The maximum Gasteiger partial charge on any atom is 0.303 e. The molecule has 1 aliphatic rings. The van der Waals surface area contributed by atoms with Crippen LogP contribution in [0.1, 0.15) is 56.9 Å². The Hall–Kier alpha value is -3.76. The summed E-state index contributed by atoms with van der Waals surface area (Å²) in [7, 11) is 1.35. The predicted octanol–water partition coefficient (Wildman–Crippen LogP) is 3.40. The molecule has 0 N–H and O–H groups in total. The molecule has 1 heterocycles. The van der Waals surface area contributed by atoms with E-state index in [0.717, 1.165) is 17.5 Å². The Morgan fingerprint density at radius 3 is 1.93 bits per heavy atom. The molecular weight excluding hydrogens is 520 g/mol. The van der Waals surface area contributed by atoms with Gasteiger partial charge in [0.2, 0.25) is 11.9 Å². The van der Waals surface area contributed by atoms with Gasteiger partial charge in [0.05, 0.1) is 0 Å². The topological polar surface area (TPSA) is 124 Å². The second-order valence-electron chi connectivity index (χ2n) is 9.56. The molecule has 1 fully saturated rings. The molecular formula is C30H36O10. The van der Waals surface area contributed by atoms with Gasteiger partial charge in [0.1, 0.15) is 12.7 Å². The molecule has 0 bridgehead atoms. The average Bonchev–Trinajstić information content (AvgIpc) is 2.90. The molecule has 2 aromatic carbocycles. The lowest BCUT2D eigenvalue weighted by molar-refractivity contribution is -0.367. The van der Waals surface area contributed by atoms with E-state index in [0.29, 0.717) is 12.0 Å². The first-order chi connectivity index (χ1) is 19.0. The molecule has 10 nitrogen and oxygen atoms in total. The van der Waals surface area contributed by atoms with Crippen LogP contribution in [-0.4, -0.2) is 62.0 Å². The summed E-state index contributed by atoms with van der Waals surface area (Å²) in [6.45, 7) is 6.49. The Morgan fingerprint density at radius 2 is 1.38 bits per heavy atom. The van der Waals surface area contributed by atoms with Crippen LogP contribution < -0.4 is 0 Å². The van der Waals surface area contributed by atoms with E-state index in [-0.39, 0.29) is 6.61 Å². The van der Waals surface area contributed by atoms with Crippen molar-refractivity contribution < 1.29 is 47.6 Å². The first-order valence-corrected chi connectivity index (χ1v) is 13.0. The smallest absolute Gasteiger partial charge is 0.303 e. The van der Waals surface area contributed by atoms with Crippen molar-refractivity contribution in [2.45, 2.75) is 77.7 Å². The summed E-state index contributed by atoms with van der Waals surface area (Å²) in [5.74, 6) is -4.56. The van der Waals surface area contributed by atoms with Gasteiger partial charge >= 0.3 is 23.9 Å².